The lowest BCUT2D eigenvalue weighted by molar-refractivity contribution is -0.138. The molecule has 2 aromatic rings. The van der Waals surface area contributed by atoms with Crippen molar-refractivity contribution < 1.29 is 9.90 Å². The SMILES string of the molecule is O=C(O)C(Cc1ccccc1)c1ccc(Cl)c(Cl)c1. The zero-order chi connectivity index (χ0) is 13.8. The molecule has 98 valence electrons. The van der Waals surface area contributed by atoms with E-state index in [4.69, 9.17) is 23.2 Å². The fourth-order valence-electron chi connectivity index (χ4n) is 1.93. The average molecular weight is 295 g/mol. The zero-order valence-corrected chi connectivity index (χ0v) is 11.5. The molecule has 0 aliphatic rings. The van der Waals surface area contributed by atoms with Crippen LogP contribution in [0.4, 0.5) is 0 Å². The molecule has 0 heterocycles. The van der Waals surface area contributed by atoms with Gasteiger partial charge in [0.2, 0.25) is 0 Å². The summed E-state index contributed by atoms with van der Waals surface area (Å²) in [5.74, 6) is -1.50. The first-order chi connectivity index (χ1) is 9.08. The molecule has 0 aromatic heterocycles. The minimum atomic E-state index is -0.873. The summed E-state index contributed by atoms with van der Waals surface area (Å²) < 4.78 is 0. The maximum atomic E-state index is 11.4. The summed E-state index contributed by atoms with van der Waals surface area (Å²) in [6.07, 6.45) is 0.425. The Morgan fingerprint density at radius 3 is 2.32 bits per heavy atom. The third-order valence-corrected chi connectivity index (χ3v) is 3.67. The number of benzene rings is 2. The number of hydrogen-bond acceptors (Lipinski definition) is 1. The fraction of sp³-hybridized carbons (Fsp3) is 0.133. The van der Waals surface area contributed by atoms with Crippen LogP contribution in [0.3, 0.4) is 0 Å². The predicted molar refractivity (Wildman–Crippen MR) is 77.0 cm³/mol. The van der Waals surface area contributed by atoms with E-state index in [0.717, 1.165) is 5.56 Å². The Morgan fingerprint density at radius 2 is 1.74 bits per heavy atom. The quantitative estimate of drug-likeness (QED) is 0.907. The Hall–Kier alpha value is -1.51. The molecule has 0 radical (unpaired) electrons. The molecule has 0 aliphatic heterocycles. The molecule has 19 heavy (non-hydrogen) atoms. The van der Waals surface area contributed by atoms with E-state index >= 15 is 0 Å². The van der Waals surface area contributed by atoms with E-state index in [2.05, 4.69) is 0 Å². The highest BCUT2D eigenvalue weighted by Crippen LogP contribution is 2.28. The number of hydrogen-bond donors (Lipinski definition) is 1. The number of rotatable bonds is 4. The van der Waals surface area contributed by atoms with Crippen LogP contribution in [0.1, 0.15) is 17.0 Å². The normalized spacial score (nSPS) is 12.1. The topological polar surface area (TPSA) is 37.3 Å². The molecule has 1 atom stereocenters. The van der Waals surface area contributed by atoms with E-state index in [1.807, 2.05) is 30.3 Å². The Labute approximate surface area is 121 Å². The minimum absolute atomic E-state index is 0.374. The second kappa shape index (κ2) is 6.09. The second-order valence-electron chi connectivity index (χ2n) is 4.25. The molecule has 1 unspecified atom stereocenters. The molecule has 1 N–H and O–H groups in total. The first kappa shape index (κ1) is 13.9. The van der Waals surface area contributed by atoms with Crippen molar-refractivity contribution in [3.63, 3.8) is 0 Å². The molecule has 0 spiro atoms. The highest BCUT2D eigenvalue weighted by molar-refractivity contribution is 6.42. The monoisotopic (exact) mass is 294 g/mol. The van der Waals surface area contributed by atoms with Gasteiger partial charge in [0.15, 0.2) is 0 Å². The van der Waals surface area contributed by atoms with Crippen LogP contribution >= 0.6 is 23.2 Å². The van der Waals surface area contributed by atoms with Crippen molar-refractivity contribution >= 4 is 29.2 Å². The lowest BCUT2D eigenvalue weighted by Gasteiger charge is -2.13. The van der Waals surface area contributed by atoms with Gasteiger partial charge in [-0.3, -0.25) is 4.79 Å². The zero-order valence-electron chi connectivity index (χ0n) is 10.0. The fourth-order valence-corrected chi connectivity index (χ4v) is 2.23. The first-order valence-electron chi connectivity index (χ1n) is 5.79. The third kappa shape index (κ3) is 3.49. The van der Waals surface area contributed by atoms with E-state index in [1.165, 1.54) is 0 Å². The third-order valence-electron chi connectivity index (χ3n) is 2.93. The van der Waals surface area contributed by atoms with Gasteiger partial charge < -0.3 is 5.11 Å². The van der Waals surface area contributed by atoms with Crippen molar-refractivity contribution in [1.82, 2.24) is 0 Å². The Morgan fingerprint density at radius 1 is 1.05 bits per heavy atom. The lowest BCUT2D eigenvalue weighted by atomic mass is 9.92. The van der Waals surface area contributed by atoms with Crippen LogP contribution in [-0.2, 0) is 11.2 Å². The van der Waals surface area contributed by atoms with Gasteiger partial charge in [0.1, 0.15) is 0 Å². The van der Waals surface area contributed by atoms with Gasteiger partial charge in [0.25, 0.3) is 0 Å². The van der Waals surface area contributed by atoms with E-state index in [0.29, 0.717) is 22.0 Å². The molecule has 0 saturated carbocycles. The molecule has 0 saturated heterocycles. The standard InChI is InChI=1S/C15H12Cl2O2/c16-13-7-6-11(9-14(13)17)12(15(18)19)8-10-4-2-1-3-5-10/h1-7,9,12H,8H2,(H,18,19). The van der Waals surface area contributed by atoms with Crippen LogP contribution in [0, 0.1) is 0 Å². The van der Waals surface area contributed by atoms with E-state index in [-0.39, 0.29) is 0 Å². The summed E-state index contributed by atoms with van der Waals surface area (Å²) >= 11 is 11.8. The van der Waals surface area contributed by atoms with Crippen molar-refractivity contribution in [2.75, 3.05) is 0 Å². The maximum Gasteiger partial charge on any atom is 0.311 e. The van der Waals surface area contributed by atoms with Gasteiger partial charge in [-0.2, -0.15) is 0 Å². The number of carbonyl (C=O) groups is 1. The van der Waals surface area contributed by atoms with Crippen LogP contribution in [-0.4, -0.2) is 11.1 Å². The summed E-state index contributed by atoms with van der Waals surface area (Å²) in [5, 5.41) is 10.2. The minimum Gasteiger partial charge on any atom is -0.481 e. The number of carboxylic acid groups (broad SMARTS) is 1. The molecular weight excluding hydrogens is 283 g/mol. The smallest absolute Gasteiger partial charge is 0.311 e. The number of halogens is 2. The van der Waals surface area contributed by atoms with Gasteiger partial charge in [-0.1, -0.05) is 59.6 Å². The molecule has 4 heteroatoms. The average Bonchev–Trinajstić information content (AvgIpc) is 2.40. The van der Waals surface area contributed by atoms with Gasteiger partial charge in [-0.05, 0) is 29.7 Å². The number of carboxylic acids is 1. The highest BCUT2D eigenvalue weighted by Gasteiger charge is 2.21. The van der Waals surface area contributed by atoms with Crippen LogP contribution < -0.4 is 0 Å². The van der Waals surface area contributed by atoms with E-state index in [1.54, 1.807) is 18.2 Å². The Balaban J connectivity index is 2.30. The van der Waals surface area contributed by atoms with Gasteiger partial charge in [-0.25, -0.2) is 0 Å². The molecule has 0 bridgehead atoms. The van der Waals surface area contributed by atoms with Crippen molar-refractivity contribution in [3.05, 3.63) is 69.7 Å². The molecule has 0 fully saturated rings. The van der Waals surface area contributed by atoms with E-state index < -0.39 is 11.9 Å². The Kier molecular flexibility index (Phi) is 4.46. The second-order valence-corrected chi connectivity index (χ2v) is 5.07. The summed E-state index contributed by atoms with van der Waals surface area (Å²) in [7, 11) is 0. The molecule has 0 aliphatic carbocycles. The van der Waals surface area contributed by atoms with Crippen molar-refractivity contribution in [1.29, 1.82) is 0 Å². The van der Waals surface area contributed by atoms with Crippen molar-refractivity contribution in [2.24, 2.45) is 0 Å². The summed E-state index contributed by atoms with van der Waals surface area (Å²) in [5.41, 5.74) is 1.63. The van der Waals surface area contributed by atoms with Crippen LogP contribution in [0.15, 0.2) is 48.5 Å². The highest BCUT2D eigenvalue weighted by atomic mass is 35.5. The number of aliphatic carboxylic acids is 1. The van der Waals surface area contributed by atoms with Gasteiger partial charge >= 0.3 is 5.97 Å². The molecule has 2 aromatic carbocycles. The van der Waals surface area contributed by atoms with E-state index in [9.17, 15) is 9.90 Å². The molecule has 2 nitrogen and oxygen atoms in total. The van der Waals surface area contributed by atoms with Gasteiger partial charge in [-0.15, -0.1) is 0 Å². The molecule has 0 amide bonds. The summed E-state index contributed by atoms with van der Waals surface area (Å²) in [6, 6.07) is 14.5. The van der Waals surface area contributed by atoms with Gasteiger partial charge in [0.05, 0.1) is 16.0 Å². The maximum absolute atomic E-state index is 11.4. The molecule has 2 rings (SSSR count). The van der Waals surface area contributed by atoms with Crippen LogP contribution in [0.25, 0.3) is 0 Å². The first-order valence-corrected chi connectivity index (χ1v) is 6.55. The van der Waals surface area contributed by atoms with Crippen LogP contribution in [0.5, 0.6) is 0 Å². The summed E-state index contributed by atoms with van der Waals surface area (Å²) in [6.45, 7) is 0. The van der Waals surface area contributed by atoms with Crippen LogP contribution in [0.2, 0.25) is 10.0 Å². The largest absolute Gasteiger partial charge is 0.481 e. The lowest BCUT2D eigenvalue weighted by Crippen LogP contribution is -2.14. The molecular formula is C15H12Cl2O2. The van der Waals surface area contributed by atoms with Gasteiger partial charge in [0, 0.05) is 0 Å². The predicted octanol–water partition coefficient (Wildman–Crippen LogP) is 4.40. The van der Waals surface area contributed by atoms with Crippen molar-refractivity contribution in [2.45, 2.75) is 12.3 Å². The van der Waals surface area contributed by atoms with Crippen molar-refractivity contribution in [3.8, 4) is 0 Å². The summed E-state index contributed by atoms with van der Waals surface area (Å²) in [4.78, 5) is 11.4. The Bertz CT molecular complexity index is 582.